The van der Waals surface area contributed by atoms with Gasteiger partial charge in [-0.25, -0.2) is 10.1 Å². The summed E-state index contributed by atoms with van der Waals surface area (Å²) in [6.45, 7) is 3.90. The number of nitrogens with zero attached hydrogens (tertiary/aromatic N) is 5. The molecule has 0 fully saturated rings. The van der Waals surface area contributed by atoms with Crippen molar-refractivity contribution in [1.29, 1.82) is 0 Å². The van der Waals surface area contributed by atoms with Crippen molar-refractivity contribution in [2.45, 2.75) is 13.8 Å². The average molecular weight is 326 g/mol. The Kier molecular flexibility index (Phi) is 4.24. The number of hydrogen-bond donors (Lipinski definition) is 1. The third-order valence-corrected chi connectivity index (χ3v) is 4.27. The predicted octanol–water partition coefficient (Wildman–Crippen LogP) is 2.19. The second-order valence-corrected chi connectivity index (χ2v) is 6.14. The molecule has 0 saturated heterocycles. The van der Waals surface area contributed by atoms with Gasteiger partial charge in [-0.1, -0.05) is 0 Å². The molecule has 1 N–H and O–H groups in total. The maximum Gasteiger partial charge on any atom is 0.271 e. The molecule has 23 heavy (non-hydrogen) atoms. The number of nitrogens with one attached hydrogen (secondary N) is 1. The molecule has 0 aliphatic heterocycles. The zero-order chi connectivity index (χ0) is 16.2. The first-order chi connectivity index (χ1) is 11.1. The molecule has 0 atom stereocenters. The number of tetrazole rings is 1. The number of hydrazone groups is 1. The summed E-state index contributed by atoms with van der Waals surface area (Å²) in [4.78, 5) is 14.4. The van der Waals surface area contributed by atoms with Crippen LogP contribution in [0.15, 0.2) is 47.8 Å². The fourth-order valence-corrected chi connectivity index (χ4v) is 2.74. The van der Waals surface area contributed by atoms with Gasteiger partial charge in [-0.05, 0) is 60.7 Å². The summed E-state index contributed by atoms with van der Waals surface area (Å²) < 4.78 is 1.52. The van der Waals surface area contributed by atoms with E-state index < -0.39 is 0 Å². The number of amides is 1. The van der Waals surface area contributed by atoms with E-state index in [0.717, 1.165) is 16.3 Å². The fraction of sp³-hybridized carbons (Fsp3) is 0.133. The third kappa shape index (κ3) is 3.49. The van der Waals surface area contributed by atoms with E-state index >= 15 is 0 Å². The molecule has 3 rings (SSSR count). The molecule has 0 aliphatic carbocycles. The van der Waals surface area contributed by atoms with Crippen molar-refractivity contribution in [1.82, 2.24) is 25.6 Å². The highest BCUT2D eigenvalue weighted by Gasteiger charge is 2.07. The molecule has 1 aromatic carbocycles. The maximum absolute atomic E-state index is 12.1. The number of benzene rings is 1. The van der Waals surface area contributed by atoms with E-state index in [1.54, 1.807) is 35.6 Å². The highest BCUT2D eigenvalue weighted by Crippen LogP contribution is 2.15. The van der Waals surface area contributed by atoms with Gasteiger partial charge in [0.2, 0.25) is 0 Å². The predicted molar refractivity (Wildman–Crippen MR) is 87.9 cm³/mol. The Labute approximate surface area is 136 Å². The zero-order valence-electron chi connectivity index (χ0n) is 12.6. The number of hydrogen-bond acceptors (Lipinski definition) is 6. The highest BCUT2D eigenvalue weighted by molar-refractivity contribution is 7.14. The van der Waals surface area contributed by atoms with Crippen LogP contribution in [0.5, 0.6) is 0 Å². The number of rotatable bonds is 4. The molecule has 3 aromatic rings. The van der Waals surface area contributed by atoms with Crippen LogP contribution in [-0.4, -0.2) is 31.8 Å². The van der Waals surface area contributed by atoms with Crippen LogP contribution >= 0.6 is 11.3 Å². The summed E-state index contributed by atoms with van der Waals surface area (Å²) in [6.07, 6.45) is 1.49. The van der Waals surface area contributed by atoms with Gasteiger partial charge in [0.15, 0.2) is 0 Å². The Morgan fingerprint density at radius 3 is 2.61 bits per heavy atom. The molecule has 0 spiro atoms. The van der Waals surface area contributed by atoms with E-state index in [2.05, 4.69) is 26.1 Å². The maximum atomic E-state index is 12.1. The fourth-order valence-electron chi connectivity index (χ4n) is 1.93. The lowest BCUT2D eigenvalue weighted by atomic mass is 10.2. The van der Waals surface area contributed by atoms with Gasteiger partial charge in [-0.15, -0.1) is 16.4 Å². The van der Waals surface area contributed by atoms with Gasteiger partial charge >= 0.3 is 0 Å². The van der Waals surface area contributed by atoms with E-state index in [0.29, 0.717) is 5.56 Å². The van der Waals surface area contributed by atoms with Gasteiger partial charge in [0.25, 0.3) is 5.91 Å². The Bertz CT molecular complexity index is 835. The van der Waals surface area contributed by atoms with Gasteiger partial charge in [0.1, 0.15) is 6.33 Å². The quantitative estimate of drug-likeness (QED) is 0.588. The molecule has 116 valence electrons. The summed E-state index contributed by atoms with van der Waals surface area (Å²) in [7, 11) is 0. The van der Waals surface area contributed by atoms with Crippen molar-refractivity contribution in [2.24, 2.45) is 5.10 Å². The van der Waals surface area contributed by atoms with Gasteiger partial charge in [0, 0.05) is 10.4 Å². The van der Waals surface area contributed by atoms with Crippen LogP contribution in [0, 0.1) is 6.92 Å². The molecule has 7 nitrogen and oxygen atoms in total. The number of aromatic nitrogens is 4. The smallest absolute Gasteiger partial charge is 0.267 e. The zero-order valence-corrected chi connectivity index (χ0v) is 13.4. The molecule has 0 saturated carbocycles. The molecule has 2 aromatic heterocycles. The number of carbonyl (C=O) groups is 1. The monoisotopic (exact) mass is 326 g/mol. The Morgan fingerprint density at radius 1 is 1.22 bits per heavy atom. The second kappa shape index (κ2) is 6.49. The summed E-state index contributed by atoms with van der Waals surface area (Å²) in [6, 6.07) is 11.0. The van der Waals surface area contributed by atoms with Crippen LogP contribution in [0.3, 0.4) is 0 Å². The van der Waals surface area contributed by atoms with Gasteiger partial charge in [-0.3, -0.25) is 4.79 Å². The lowest BCUT2D eigenvalue weighted by molar-refractivity contribution is 0.0955. The van der Waals surface area contributed by atoms with Gasteiger partial charge in [0.05, 0.1) is 16.3 Å². The van der Waals surface area contributed by atoms with E-state index in [-0.39, 0.29) is 5.91 Å². The highest BCUT2D eigenvalue weighted by atomic mass is 32.1. The first-order valence-corrected chi connectivity index (χ1v) is 7.70. The second-order valence-electron chi connectivity index (χ2n) is 4.85. The third-order valence-electron chi connectivity index (χ3n) is 3.17. The van der Waals surface area contributed by atoms with E-state index in [4.69, 9.17) is 0 Å². The summed E-state index contributed by atoms with van der Waals surface area (Å²) >= 11 is 1.64. The van der Waals surface area contributed by atoms with Crippen LogP contribution in [0.25, 0.3) is 5.69 Å². The van der Waals surface area contributed by atoms with E-state index in [1.165, 1.54) is 15.9 Å². The average Bonchev–Trinajstić information content (AvgIpc) is 3.24. The molecule has 0 unspecified atom stereocenters. The van der Waals surface area contributed by atoms with E-state index in [1.807, 2.05) is 26.0 Å². The van der Waals surface area contributed by atoms with Gasteiger partial charge in [-0.2, -0.15) is 5.10 Å². The van der Waals surface area contributed by atoms with Crippen molar-refractivity contribution in [2.75, 3.05) is 0 Å². The van der Waals surface area contributed by atoms with Crippen LogP contribution in [0.4, 0.5) is 0 Å². The topological polar surface area (TPSA) is 85.1 Å². The van der Waals surface area contributed by atoms with Crippen LogP contribution in [0.1, 0.15) is 27.0 Å². The van der Waals surface area contributed by atoms with Gasteiger partial charge < -0.3 is 0 Å². The van der Waals surface area contributed by atoms with Crippen molar-refractivity contribution in [3.63, 3.8) is 0 Å². The standard InChI is InChI=1S/C15H14N6OS/c1-10-3-8-14(23-10)11(2)17-18-15(22)12-4-6-13(7-5-12)21-9-16-19-20-21/h3-9H,1-2H3,(H,18,22)/b17-11-. The molecule has 0 bridgehead atoms. The lowest BCUT2D eigenvalue weighted by Crippen LogP contribution is -2.19. The number of thiophene rings is 1. The van der Waals surface area contributed by atoms with Crippen LogP contribution in [-0.2, 0) is 0 Å². The number of aryl methyl sites for hydroxylation is 1. The van der Waals surface area contributed by atoms with Crippen LogP contribution < -0.4 is 5.43 Å². The molecule has 2 heterocycles. The molecule has 1 amide bonds. The molecular formula is C15H14N6OS. The Balaban J connectivity index is 1.68. The molecular weight excluding hydrogens is 312 g/mol. The minimum Gasteiger partial charge on any atom is -0.267 e. The minimum atomic E-state index is -0.263. The molecule has 8 heteroatoms. The normalized spacial score (nSPS) is 11.5. The first kappa shape index (κ1) is 15.0. The summed E-state index contributed by atoms with van der Waals surface area (Å²) in [5.41, 5.74) is 4.64. The number of carbonyl (C=O) groups excluding carboxylic acids is 1. The Morgan fingerprint density at radius 2 is 2.00 bits per heavy atom. The SMILES string of the molecule is C/C(=N/NC(=O)c1ccc(-n2cnnn2)cc1)c1ccc(C)s1. The largest absolute Gasteiger partial charge is 0.271 e. The van der Waals surface area contributed by atoms with Crippen LogP contribution in [0.2, 0.25) is 0 Å². The molecule has 0 aliphatic rings. The van der Waals surface area contributed by atoms with Crippen molar-refractivity contribution < 1.29 is 4.79 Å². The Hall–Kier alpha value is -2.87. The van der Waals surface area contributed by atoms with Crippen molar-refractivity contribution in [3.8, 4) is 5.69 Å². The van der Waals surface area contributed by atoms with E-state index in [9.17, 15) is 4.79 Å². The molecule has 0 radical (unpaired) electrons. The van der Waals surface area contributed by atoms with Crippen molar-refractivity contribution >= 4 is 23.0 Å². The summed E-state index contributed by atoms with van der Waals surface area (Å²) in [5.74, 6) is -0.263. The lowest BCUT2D eigenvalue weighted by Gasteiger charge is -2.03. The minimum absolute atomic E-state index is 0.263. The van der Waals surface area contributed by atoms with Crippen molar-refractivity contribution in [3.05, 3.63) is 58.0 Å². The first-order valence-electron chi connectivity index (χ1n) is 6.88. The summed E-state index contributed by atoms with van der Waals surface area (Å²) in [5, 5.41) is 15.1.